The number of ether oxygens (including phenoxy) is 1. The summed E-state index contributed by atoms with van der Waals surface area (Å²) in [7, 11) is 0. The molecule has 0 atom stereocenters. The van der Waals surface area contributed by atoms with Crippen molar-refractivity contribution in [2.75, 3.05) is 19.8 Å². The standard InChI is InChI=1S/C17H22O2/c18-12-3-4-13-19-14-6-10-16-9-5-8-15-7-1-2-11-17(15)16/h1-2,5,7-9,11,18H,3-4,6,10,12-14H2. The van der Waals surface area contributed by atoms with E-state index < -0.39 is 0 Å². The molecule has 1 N–H and O–H groups in total. The molecular weight excluding hydrogens is 236 g/mol. The van der Waals surface area contributed by atoms with Gasteiger partial charge in [-0.15, -0.1) is 0 Å². The van der Waals surface area contributed by atoms with Gasteiger partial charge in [0, 0.05) is 19.8 Å². The maximum Gasteiger partial charge on any atom is 0.0469 e. The van der Waals surface area contributed by atoms with E-state index in [2.05, 4.69) is 42.5 Å². The molecule has 0 aromatic heterocycles. The van der Waals surface area contributed by atoms with Crippen LogP contribution in [0.2, 0.25) is 0 Å². The van der Waals surface area contributed by atoms with E-state index >= 15 is 0 Å². The Morgan fingerprint density at radius 1 is 0.842 bits per heavy atom. The van der Waals surface area contributed by atoms with E-state index in [1.54, 1.807) is 0 Å². The van der Waals surface area contributed by atoms with Crippen molar-refractivity contribution in [2.24, 2.45) is 0 Å². The normalized spacial score (nSPS) is 11.0. The molecule has 0 saturated heterocycles. The maximum absolute atomic E-state index is 8.66. The van der Waals surface area contributed by atoms with Crippen LogP contribution in [0.5, 0.6) is 0 Å². The zero-order valence-electron chi connectivity index (χ0n) is 11.3. The van der Waals surface area contributed by atoms with E-state index in [0.717, 1.165) is 38.9 Å². The minimum absolute atomic E-state index is 0.263. The highest BCUT2D eigenvalue weighted by molar-refractivity contribution is 5.85. The van der Waals surface area contributed by atoms with Gasteiger partial charge in [-0.25, -0.2) is 0 Å². The number of hydrogen-bond acceptors (Lipinski definition) is 2. The minimum Gasteiger partial charge on any atom is -0.396 e. The molecule has 2 aromatic carbocycles. The van der Waals surface area contributed by atoms with Crippen LogP contribution in [0.1, 0.15) is 24.8 Å². The SMILES string of the molecule is OCCCCOCCCc1cccc2ccccc12. The van der Waals surface area contributed by atoms with Gasteiger partial charge in [-0.2, -0.15) is 0 Å². The fraction of sp³-hybridized carbons (Fsp3) is 0.412. The molecule has 2 aromatic rings. The molecule has 2 heteroatoms. The third kappa shape index (κ3) is 4.34. The lowest BCUT2D eigenvalue weighted by atomic mass is 10.0. The molecule has 0 aliphatic carbocycles. The van der Waals surface area contributed by atoms with Gasteiger partial charge in [0.1, 0.15) is 0 Å². The summed E-state index contributed by atoms with van der Waals surface area (Å²) >= 11 is 0. The van der Waals surface area contributed by atoms with Crippen LogP contribution in [0, 0.1) is 0 Å². The molecule has 0 aliphatic rings. The molecule has 19 heavy (non-hydrogen) atoms. The fourth-order valence-electron chi connectivity index (χ4n) is 2.29. The van der Waals surface area contributed by atoms with Crippen molar-refractivity contribution in [3.8, 4) is 0 Å². The number of aliphatic hydroxyl groups is 1. The second-order valence-electron chi connectivity index (χ2n) is 4.78. The lowest BCUT2D eigenvalue weighted by Crippen LogP contribution is -2.00. The van der Waals surface area contributed by atoms with Crippen molar-refractivity contribution in [1.82, 2.24) is 0 Å². The molecule has 0 aliphatic heterocycles. The molecule has 2 nitrogen and oxygen atoms in total. The first-order valence-corrected chi connectivity index (χ1v) is 7.07. The first-order valence-electron chi connectivity index (χ1n) is 7.07. The van der Waals surface area contributed by atoms with E-state index in [1.807, 2.05) is 0 Å². The second kappa shape index (κ2) is 7.93. The van der Waals surface area contributed by atoms with Gasteiger partial charge in [0.15, 0.2) is 0 Å². The molecule has 102 valence electrons. The number of rotatable bonds is 8. The molecule has 0 saturated carbocycles. The Balaban J connectivity index is 1.78. The van der Waals surface area contributed by atoms with Gasteiger partial charge in [-0.1, -0.05) is 42.5 Å². The summed E-state index contributed by atoms with van der Waals surface area (Å²) in [5, 5.41) is 11.3. The number of aryl methyl sites for hydroxylation is 1. The third-order valence-corrected chi connectivity index (χ3v) is 3.31. The summed E-state index contributed by atoms with van der Waals surface area (Å²) in [5.41, 5.74) is 1.40. The molecule has 2 rings (SSSR count). The van der Waals surface area contributed by atoms with Crippen LogP contribution in [0.15, 0.2) is 42.5 Å². The Morgan fingerprint density at radius 2 is 1.63 bits per heavy atom. The first-order chi connectivity index (χ1) is 9.42. The predicted molar refractivity (Wildman–Crippen MR) is 79.4 cm³/mol. The highest BCUT2D eigenvalue weighted by atomic mass is 16.5. The van der Waals surface area contributed by atoms with Crippen molar-refractivity contribution < 1.29 is 9.84 Å². The van der Waals surface area contributed by atoms with Crippen molar-refractivity contribution in [3.63, 3.8) is 0 Å². The third-order valence-electron chi connectivity index (χ3n) is 3.31. The molecule has 0 amide bonds. The van der Waals surface area contributed by atoms with Crippen LogP contribution in [-0.2, 0) is 11.2 Å². The molecule has 0 unspecified atom stereocenters. The molecule has 0 fully saturated rings. The summed E-state index contributed by atoms with van der Waals surface area (Å²) < 4.78 is 5.56. The van der Waals surface area contributed by atoms with Crippen LogP contribution in [-0.4, -0.2) is 24.9 Å². The van der Waals surface area contributed by atoms with E-state index in [0.29, 0.717) is 0 Å². The highest BCUT2D eigenvalue weighted by Crippen LogP contribution is 2.19. The van der Waals surface area contributed by atoms with Crippen molar-refractivity contribution in [2.45, 2.75) is 25.7 Å². The smallest absolute Gasteiger partial charge is 0.0469 e. The Labute approximate surface area is 115 Å². The van der Waals surface area contributed by atoms with Crippen LogP contribution < -0.4 is 0 Å². The number of aliphatic hydroxyl groups excluding tert-OH is 1. The molecular formula is C17H22O2. The summed E-state index contributed by atoms with van der Waals surface area (Å²) in [6, 6.07) is 15.0. The van der Waals surface area contributed by atoms with Gasteiger partial charge < -0.3 is 9.84 Å². The number of unbranched alkanes of at least 4 members (excludes halogenated alkanes) is 1. The summed E-state index contributed by atoms with van der Waals surface area (Å²) in [6.45, 7) is 1.82. The zero-order chi connectivity index (χ0) is 13.3. The fourth-order valence-corrected chi connectivity index (χ4v) is 2.29. The number of hydrogen-bond donors (Lipinski definition) is 1. The predicted octanol–water partition coefficient (Wildman–Crippen LogP) is 3.56. The lowest BCUT2D eigenvalue weighted by Gasteiger charge is -2.07. The second-order valence-corrected chi connectivity index (χ2v) is 4.78. The van der Waals surface area contributed by atoms with Gasteiger partial charge in [0.05, 0.1) is 0 Å². The lowest BCUT2D eigenvalue weighted by molar-refractivity contribution is 0.123. The number of benzene rings is 2. The van der Waals surface area contributed by atoms with E-state index in [1.165, 1.54) is 16.3 Å². The van der Waals surface area contributed by atoms with Crippen molar-refractivity contribution in [1.29, 1.82) is 0 Å². The van der Waals surface area contributed by atoms with Gasteiger partial charge >= 0.3 is 0 Å². The first kappa shape index (κ1) is 14.0. The monoisotopic (exact) mass is 258 g/mol. The quantitative estimate of drug-likeness (QED) is 0.734. The Morgan fingerprint density at radius 3 is 2.53 bits per heavy atom. The number of fused-ring (bicyclic) bond motifs is 1. The average molecular weight is 258 g/mol. The van der Waals surface area contributed by atoms with Crippen LogP contribution in [0.25, 0.3) is 10.8 Å². The summed E-state index contributed by atoms with van der Waals surface area (Å²) in [4.78, 5) is 0. The van der Waals surface area contributed by atoms with Gasteiger partial charge in [-0.05, 0) is 42.0 Å². The van der Waals surface area contributed by atoms with Crippen molar-refractivity contribution >= 4 is 10.8 Å². The highest BCUT2D eigenvalue weighted by Gasteiger charge is 2.00. The molecule has 0 bridgehead atoms. The average Bonchev–Trinajstić information content (AvgIpc) is 2.46. The Bertz CT molecular complexity index is 488. The molecule has 0 heterocycles. The summed E-state index contributed by atoms with van der Waals surface area (Å²) in [6.07, 6.45) is 3.89. The van der Waals surface area contributed by atoms with Gasteiger partial charge in [0.25, 0.3) is 0 Å². The molecule has 0 radical (unpaired) electrons. The topological polar surface area (TPSA) is 29.5 Å². The summed E-state index contributed by atoms with van der Waals surface area (Å²) in [5.74, 6) is 0. The van der Waals surface area contributed by atoms with E-state index in [9.17, 15) is 0 Å². The minimum atomic E-state index is 0.263. The Hall–Kier alpha value is -1.38. The van der Waals surface area contributed by atoms with Gasteiger partial charge in [0.2, 0.25) is 0 Å². The maximum atomic E-state index is 8.66. The van der Waals surface area contributed by atoms with Crippen LogP contribution in [0.4, 0.5) is 0 Å². The van der Waals surface area contributed by atoms with Crippen LogP contribution in [0.3, 0.4) is 0 Å². The van der Waals surface area contributed by atoms with Crippen molar-refractivity contribution in [3.05, 3.63) is 48.0 Å². The Kier molecular flexibility index (Phi) is 5.86. The van der Waals surface area contributed by atoms with Crippen LogP contribution >= 0.6 is 0 Å². The zero-order valence-corrected chi connectivity index (χ0v) is 11.3. The van der Waals surface area contributed by atoms with Gasteiger partial charge in [-0.3, -0.25) is 0 Å². The van der Waals surface area contributed by atoms with E-state index in [-0.39, 0.29) is 6.61 Å². The van der Waals surface area contributed by atoms with E-state index in [4.69, 9.17) is 9.84 Å². The molecule has 0 spiro atoms. The largest absolute Gasteiger partial charge is 0.396 e.